The van der Waals surface area contributed by atoms with Crippen molar-refractivity contribution in [3.8, 4) is 0 Å². The molecule has 0 heterocycles. The monoisotopic (exact) mass is 250 g/mol. The SMILES string of the molecule is CCCCCC=C(CCCCCN=C=O)N=C=O. The molecule has 0 spiro atoms. The lowest BCUT2D eigenvalue weighted by Crippen LogP contribution is -1.85. The van der Waals surface area contributed by atoms with Crippen molar-refractivity contribution in [2.45, 2.75) is 58.3 Å². The predicted octanol–water partition coefficient (Wildman–Crippen LogP) is 3.68. The molecule has 0 bridgehead atoms. The maximum atomic E-state index is 10.3. The van der Waals surface area contributed by atoms with Gasteiger partial charge >= 0.3 is 0 Å². The fraction of sp³-hybridized carbons (Fsp3) is 0.714. The number of hydrogen-bond donors (Lipinski definition) is 0. The van der Waals surface area contributed by atoms with Crippen molar-refractivity contribution in [1.29, 1.82) is 0 Å². The molecule has 4 heteroatoms. The number of carbonyl (C=O) groups excluding carboxylic acids is 2. The zero-order chi connectivity index (χ0) is 13.5. The summed E-state index contributed by atoms with van der Waals surface area (Å²) in [4.78, 5) is 27.3. The van der Waals surface area contributed by atoms with Gasteiger partial charge in [-0.25, -0.2) is 14.6 Å². The van der Waals surface area contributed by atoms with Crippen LogP contribution in [0.3, 0.4) is 0 Å². The second-order valence-electron chi connectivity index (χ2n) is 4.18. The van der Waals surface area contributed by atoms with Crippen LogP contribution in [0.4, 0.5) is 0 Å². The summed E-state index contributed by atoms with van der Waals surface area (Å²) in [5, 5.41) is 0. The molecule has 0 saturated carbocycles. The maximum Gasteiger partial charge on any atom is 0.240 e. The fourth-order valence-electron chi connectivity index (χ4n) is 1.64. The van der Waals surface area contributed by atoms with Gasteiger partial charge in [0.25, 0.3) is 0 Å². The highest BCUT2D eigenvalue weighted by atomic mass is 16.1. The smallest absolute Gasteiger partial charge is 0.211 e. The molecule has 4 nitrogen and oxygen atoms in total. The molecule has 0 N–H and O–H groups in total. The molecule has 0 aromatic heterocycles. The summed E-state index contributed by atoms with van der Waals surface area (Å²) in [5.41, 5.74) is 0.833. The zero-order valence-corrected chi connectivity index (χ0v) is 11.2. The zero-order valence-electron chi connectivity index (χ0n) is 11.2. The molecule has 0 aromatic carbocycles. The molecule has 0 unspecified atom stereocenters. The van der Waals surface area contributed by atoms with Gasteiger partial charge in [-0.3, -0.25) is 0 Å². The van der Waals surface area contributed by atoms with Gasteiger partial charge < -0.3 is 0 Å². The Morgan fingerprint density at radius 2 is 1.89 bits per heavy atom. The van der Waals surface area contributed by atoms with E-state index in [4.69, 9.17) is 0 Å². The van der Waals surface area contributed by atoms with Crippen molar-refractivity contribution in [1.82, 2.24) is 0 Å². The minimum absolute atomic E-state index is 0.538. The van der Waals surface area contributed by atoms with Crippen LogP contribution in [0.5, 0.6) is 0 Å². The van der Waals surface area contributed by atoms with E-state index in [1.54, 1.807) is 6.08 Å². The van der Waals surface area contributed by atoms with Crippen LogP contribution in [0.2, 0.25) is 0 Å². The third-order valence-electron chi connectivity index (χ3n) is 2.64. The lowest BCUT2D eigenvalue weighted by Gasteiger charge is -2.00. The number of aliphatic imine (C=N–C) groups is 2. The number of isocyanates is 2. The van der Waals surface area contributed by atoms with E-state index in [-0.39, 0.29) is 0 Å². The average molecular weight is 250 g/mol. The average Bonchev–Trinajstić information content (AvgIpc) is 2.38. The van der Waals surface area contributed by atoms with Gasteiger partial charge in [-0.15, -0.1) is 0 Å². The number of hydrogen-bond acceptors (Lipinski definition) is 4. The third-order valence-corrected chi connectivity index (χ3v) is 2.64. The van der Waals surface area contributed by atoms with Crippen molar-refractivity contribution < 1.29 is 9.59 Å². The van der Waals surface area contributed by atoms with Crippen LogP contribution in [0.25, 0.3) is 0 Å². The third kappa shape index (κ3) is 11.0. The van der Waals surface area contributed by atoms with Crippen LogP contribution >= 0.6 is 0 Å². The largest absolute Gasteiger partial charge is 0.240 e. The second-order valence-corrected chi connectivity index (χ2v) is 4.18. The number of nitrogens with zero attached hydrogens (tertiary/aromatic N) is 2. The van der Waals surface area contributed by atoms with E-state index in [0.29, 0.717) is 6.54 Å². The van der Waals surface area contributed by atoms with E-state index < -0.39 is 0 Å². The first-order valence-electron chi connectivity index (χ1n) is 6.65. The minimum Gasteiger partial charge on any atom is -0.211 e. The topological polar surface area (TPSA) is 58.9 Å². The first kappa shape index (κ1) is 16.5. The van der Waals surface area contributed by atoms with E-state index in [9.17, 15) is 9.59 Å². The summed E-state index contributed by atoms with van der Waals surface area (Å²) in [5.74, 6) is 0. The van der Waals surface area contributed by atoms with Crippen LogP contribution in [0, 0.1) is 0 Å². The molecule has 0 aliphatic heterocycles. The van der Waals surface area contributed by atoms with Gasteiger partial charge in [0.2, 0.25) is 12.2 Å². The lowest BCUT2D eigenvalue weighted by atomic mass is 10.1. The molecular formula is C14H22N2O2. The normalized spacial score (nSPS) is 10.6. The Morgan fingerprint density at radius 3 is 2.56 bits per heavy atom. The van der Waals surface area contributed by atoms with Crippen molar-refractivity contribution in [3.63, 3.8) is 0 Å². The standard InChI is InChI=1S/C14H22N2O2/c1-2-3-4-6-9-14(16-13-18)10-7-5-8-11-15-12-17/h9H,2-8,10-11H2,1H3. The molecule has 0 aliphatic rings. The van der Waals surface area contributed by atoms with Gasteiger partial charge in [-0.1, -0.05) is 32.3 Å². The summed E-state index contributed by atoms with van der Waals surface area (Å²) in [6.45, 7) is 2.70. The van der Waals surface area contributed by atoms with Crippen molar-refractivity contribution in [2.75, 3.05) is 6.54 Å². The Kier molecular flexibility index (Phi) is 12.4. The van der Waals surface area contributed by atoms with Crippen LogP contribution in [-0.4, -0.2) is 18.7 Å². The molecule has 0 saturated heterocycles. The molecule has 100 valence electrons. The Morgan fingerprint density at radius 1 is 1.06 bits per heavy atom. The summed E-state index contributed by atoms with van der Waals surface area (Å²) < 4.78 is 0. The quantitative estimate of drug-likeness (QED) is 0.319. The minimum atomic E-state index is 0.538. The van der Waals surface area contributed by atoms with Crippen molar-refractivity contribution in [3.05, 3.63) is 11.8 Å². The first-order chi connectivity index (χ1) is 8.85. The van der Waals surface area contributed by atoms with Crippen LogP contribution in [-0.2, 0) is 9.59 Å². The second kappa shape index (κ2) is 13.6. The van der Waals surface area contributed by atoms with Gasteiger partial charge in [0, 0.05) is 5.70 Å². The summed E-state index contributed by atoms with van der Waals surface area (Å²) >= 11 is 0. The summed E-state index contributed by atoms with van der Waals surface area (Å²) in [6.07, 6.45) is 13.3. The molecule has 0 rings (SSSR count). The van der Waals surface area contributed by atoms with Crippen molar-refractivity contribution >= 4 is 12.2 Å². The molecule has 0 aromatic rings. The van der Waals surface area contributed by atoms with Gasteiger partial charge in [0.15, 0.2) is 0 Å². The Labute approximate surface area is 109 Å². The fourth-order valence-corrected chi connectivity index (χ4v) is 1.64. The Balaban J connectivity index is 3.81. The molecular weight excluding hydrogens is 228 g/mol. The Bertz CT molecular complexity index is 325. The van der Waals surface area contributed by atoms with Crippen LogP contribution in [0.1, 0.15) is 58.3 Å². The molecule has 0 fully saturated rings. The van der Waals surface area contributed by atoms with E-state index in [0.717, 1.165) is 44.2 Å². The number of unbranched alkanes of at least 4 members (excludes halogenated alkanes) is 5. The highest BCUT2D eigenvalue weighted by Gasteiger charge is 1.96. The highest BCUT2D eigenvalue weighted by Crippen LogP contribution is 2.12. The maximum absolute atomic E-state index is 10.3. The molecule has 0 amide bonds. The van der Waals surface area contributed by atoms with Crippen molar-refractivity contribution in [2.24, 2.45) is 9.98 Å². The molecule has 0 atom stereocenters. The van der Waals surface area contributed by atoms with Gasteiger partial charge in [-0.05, 0) is 32.1 Å². The van der Waals surface area contributed by atoms with E-state index in [1.807, 2.05) is 6.08 Å². The predicted molar refractivity (Wildman–Crippen MR) is 71.8 cm³/mol. The van der Waals surface area contributed by atoms with E-state index in [2.05, 4.69) is 16.9 Å². The highest BCUT2D eigenvalue weighted by molar-refractivity contribution is 5.36. The van der Waals surface area contributed by atoms with E-state index in [1.165, 1.54) is 18.9 Å². The molecule has 18 heavy (non-hydrogen) atoms. The van der Waals surface area contributed by atoms with Gasteiger partial charge in [-0.2, -0.15) is 4.99 Å². The molecule has 0 radical (unpaired) electrons. The lowest BCUT2D eigenvalue weighted by molar-refractivity contribution is 0.560. The summed E-state index contributed by atoms with van der Waals surface area (Å²) in [7, 11) is 0. The molecule has 0 aliphatic carbocycles. The van der Waals surface area contributed by atoms with Crippen LogP contribution in [0.15, 0.2) is 21.8 Å². The van der Waals surface area contributed by atoms with E-state index >= 15 is 0 Å². The summed E-state index contributed by atoms with van der Waals surface area (Å²) in [6, 6.07) is 0. The number of rotatable bonds is 11. The van der Waals surface area contributed by atoms with Gasteiger partial charge in [0.1, 0.15) is 0 Å². The van der Waals surface area contributed by atoms with Crippen LogP contribution < -0.4 is 0 Å². The van der Waals surface area contributed by atoms with Gasteiger partial charge in [0.05, 0.1) is 6.54 Å². The first-order valence-corrected chi connectivity index (χ1v) is 6.65. The Hall–Kier alpha value is -1.50. The number of allylic oxidation sites excluding steroid dienone is 2.